The Bertz CT molecular complexity index is 759. The maximum Gasteiger partial charge on any atom is 0.199 e. The molecule has 0 unspecified atom stereocenters. The van der Waals surface area contributed by atoms with Gasteiger partial charge in [-0.3, -0.25) is 5.41 Å². The van der Waals surface area contributed by atoms with Crippen molar-refractivity contribution in [3.8, 4) is 5.88 Å². The third kappa shape index (κ3) is 1.87. The molecule has 3 nitrogen and oxygen atoms in total. The van der Waals surface area contributed by atoms with Gasteiger partial charge in [-0.05, 0) is 30.3 Å². The monoisotopic (exact) mass is 254 g/mol. The minimum Gasteiger partial charge on any atom is -0.494 e. The largest absolute Gasteiger partial charge is 0.494 e. The van der Waals surface area contributed by atoms with Gasteiger partial charge in [0.2, 0.25) is 0 Å². The highest BCUT2D eigenvalue weighted by molar-refractivity contribution is 6.19. The smallest absolute Gasteiger partial charge is 0.199 e. The van der Waals surface area contributed by atoms with Gasteiger partial charge < -0.3 is 10.1 Å². The molecule has 1 heterocycles. The molecule has 1 aromatic heterocycles. The molecule has 0 aliphatic carbocycles. The number of aromatic hydroxyl groups is 1. The van der Waals surface area contributed by atoms with Crippen molar-refractivity contribution in [2.24, 2.45) is 0 Å². The van der Waals surface area contributed by atoms with E-state index in [0.717, 1.165) is 10.9 Å². The highest BCUT2D eigenvalue weighted by atomic mass is 19.1. The minimum absolute atomic E-state index is 0.0458. The third-order valence-corrected chi connectivity index (χ3v) is 3.07. The van der Waals surface area contributed by atoms with Crippen LogP contribution in [0.4, 0.5) is 4.39 Å². The molecule has 0 radical (unpaired) electrons. The zero-order valence-electron chi connectivity index (χ0n) is 9.94. The van der Waals surface area contributed by atoms with E-state index in [2.05, 4.69) is 4.98 Å². The van der Waals surface area contributed by atoms with Gasteiger partial charge in [-0.25, -0.2) is 4.39 Å². The summed E-state index contributed by atoms with van der Waals surface area (Å²) in [6, 6.07) is 13.0. The summed E-state index contributed by atoms with van der Waals surface area (Å²) in [5.41, 5.74) is 1.92. The van der Waals surface area contributed by atoms with E-state index in [1.165, 1.54) is 24.3 Å². The fourth-order valence-corrected chi connectivity index (χ4v) is 2.14. The van der Waals surface area contributed by atoms with Crippen LogP contribution in [0.25, 0.3) is 10.9 Å². The van der Waals surface area contributed by atoms with E-state index in [-0.39, 0.29) is 17.4 Å². The molecule has 0 spiro atoms. The number of H-pyrrole nitrogens is 1. The van der Waals surface area contributed by atoms with E-state index >= 15 is 0 Å². The van der Waals surface area contributed by atoms with Crippen molar-refractivity contribution in [3.63, 3.8) is 0 Å². The molecule has 4 heteroatoms. The summed E-state index contributed by atoms with van der Waals surface area (Å²) in [4.78, 5) is 2.83. The van der Waals surface area contributed by atoms with E-state index in [1.54, 1.807) is 0 Å². The van der Waals surface area contributed by atoms with Crippen molar-refractivity contribution < 1.29 is 9.50 Å². The number of aromatic nitrogens is 1. The fourth-order valence-electron chi connectivity index (χ4n) is 2.14. The quantitative estimate of drug-likeness (QED) is 0.603. The highest BCUT2D eigenvalue weighted by Gasteiger charge is 2.16. The first-order valence-electron chi connectivity index (χ1n) is 5.81. The molecule has 0 aliphatic rings. The van der Waals surface area contributed by atoms with Crippen LogP contribution in [0.2, 0.25) is 0 Å². The Kier molecular flexibility index (Phi) is 2.56. The Hall–Kier alpha value is -2.62. The van der Waals surface area contributed by atoms with Crippen molar-refractivity contribution in [2.75, 3.05) is 0 Å². The Morgan fingerprint density at radius 3 is 2.47 bits per heavy atom. The highest BCUT2D eigenvalue weighted by Crippen LogP contribution is 2.29. The van der Waals surface area contributed by atoms with E-state index in [0.29, 0.717) is 11.1 Å². The van der Waals surface area contributed by atoms with E-state index in [9.17, 15) is 9.50 Å². The van der Waals surface area contributed by atoms with E-state index in [4.69, 9.17) is 5.41 Å². The lowest BCUT2D eigenvalue weighted by molar-refractivity contribution is 0.457. The zero-order valence-corrected chi connectivity index (χ0v) is 9.94. The number of fused-ring (bicyclic) bond motifs is 1. The first-order chi connectivity index (χ1) is 9.16. The molecule has 2 aromatic carbocycles. The molecule has 0 saturated carbocycles. The Labute approximate surface area is 108 Å². The lowest BCUT2D eigenvalue weighted by atomic mass is 10.0. The summed E-state index contributed by atoms with van der Waals surface area (Å²) >= 11 is 0. The van der Waals surface area contributed by atoms with Crippen LogP contribution in [0.3, 0.4) is 0 Å². The zero-order chi connectivity index (χ0) is 13.4. The summed E-state index contributed by atoms with van der Waals surface area (Å²) in [6.07, 6.45) is 0. The molecular weight excluding hydrogens is 243 g/mol. The normalized spacial score (nSPS) is 10.8. The molecule has 19 heavy (non-hydrogen) atoms. The summed E-state index contributed by atoms with van der Waals surface area (Å²) in [5.74, 6) is -0.393. The Balaban J connectivity index is 2.16. The first kappa shape index (κ1) is 11.5. The molecule has 3 N–H and O–H groups in total. The SMILES string of the molecule is N=C(c1ccc(F)cc1)c1c(O)[nH]c2ccccc12. The number of halogens is 1. The maximum absolute atomic E-state index is 12.9. The predicted molar refractivity (Wildman–Crippen MR) is 72.3 cm³/mol. The molecule has 0 saturated heterocycles. The number of hydrogen-bond acceptors (Lipinski definition) is 2. The van der Waals surface area contributed by atoms with Gasteiger partial charge in [0.05, 0.1) is 11.3 Å². The van der Waals surface area contributed by atoms with Gasteiger partial charge in [0.25, 0.3) is 0 Å². The van der Waals surface area contributed by atoms with Crippen LogP contribution in [-0.2, 0) is 0 Å². The summed E-state index contributed by atoms with van der Waals surface area (Å²) in [7, 11) is 0. The van der Waals surface area contributed by atoms with Gasteiger partial charge >= 0.3 is 0 Å². The first-order valence-corrected chi connectivity index (χ1v) is 5.81. The standard InChI is InChI=1S/C15H11FN2O/c16-10-7-5-9(6-8-10)14(17)13-11-3-1-2-4-12(11)18-15(13)19/h1-8,17-19H. The van der Waals surface area contributed by atoms with Crippen LogP contribution in [0.5, 0.6) is 5.88 Å². The average Bonchev–Trinajstić information content (AvgIpc) is 2.74. The van der Waals surface area contributed by atoms with Crippen molar-refractivity contribution >= 4 is 16.6 Å². The topological polar surface area (TPSA) is 59.9 Å². The average molecular weight is 254 g/mol. The van der Waals surface area contributed by atoms with Crippen LogP contribution in [0.1, 0.15) is 11.1 Å². The van der Waals surface area contributed by atoms with E-state index < -0.39 is 0 Å². The van der Waals surface area contributed by atoms with Crippen LogP contribution in [0.15, 0.2) is 48.5 Å². The minimum atomic E-state index is -0.348. The molecule has 0 amide bonds. The van der Waals surface area contributed by atoms with Crippen LogP contribution in [0, 0.1) is 11.2 Å². The second kappa shape index (κ2) is 4.24. The molecule has 0 atom stereocenters. The van der Waals surface area contributed by atoms with Crippen molar-refractivity contribution in [3.05, 3.63) is 65.5 Å². The lowest BCUT2D eigenvalue weighted by Crippen LogP contribution is -2.00. The summed E-state index contributed by atoms with van der Waals surface area (Å²) in [5, 5.41) is 18.9. The van der Waals surface area contributed by atoms with Gasteiger partial charge in [-0.1, -0.05) is 18.2 Å². The summed E-state index contributed by atoms with van der Waals surface area (Å²) in [6.45, 7) is 0. The molecule has 3 aromatic rings. The van der Waals surface area contributed by atoms with Crippen LogP contribution in [-0.4, -0.2) is 15.8 Å². The van der Waals surface area contributed by atoms with Gasteiger partial charge in [-0.2, -0.15) is 0 Å². The number of hydrogen-bond donors (Lipinski definition) is 3. The second-order valence-corrected chi connectivity index (χ2v) is 4.28. The number of para-hydroxylation sites is 1. The molecule has 0 fully saturated rings. The molecule has 0 bridgehead atoms. The number of aromatic amines is 1. The molecule has 94 valence electrons. The van der Waals surface area contributed by atoms with Crippen molar-refractivity contribution in [1.29, 1.82) is 5.41 Å². The number of benzene rings is 2. The van der Waals surface area contributed by atoms with Gasteiger partial charge in [0.15, 0.2) is 5.88 Å². The molecule has 3 rings (SSSR count). The summed E-state index contributed by atoms with van der Waals surface area (Å²) < 4.78 is 12.9. The Morgan fingerprint density at radius 2 is 1.74 bits per heavy atom. The van der Waals surface area contributed by atoms with Crippen molar-refractivity contribution in [2.45, 2.75) is 0 Å². The van der Waals surface area contributed by atoms with Crippen molar-refractivity contribution in [1.82, 2.24) is 4.98 Å². The number of rotatable bonds is 2. The predicted octanol–water partition coefficient (Wildman–Crippen LogP) is 3.43. The fraction of sp³-hybridized carbons (Fsp3) is 0. The third-order valence-electron chi connectivity index (χ3n) is 3.07. The van der Waals surface area contributed by atoms with Gasteiger partial charge in [0, 0.05) is 16.5 Å². The molecular formula is C15H11FN2O. The lowest BCUT2D eigenvalue weighted by Gasteiger charge is -2.03. The Morgan fingerprint density at radius 1 is 1.05 bits per heavy atom. The molecule has 0 aliphatic heterocycles. The van der Waals surface area contributed by atoms with Crippen LogP contribution < -0.4 is 0 Å². The van der Waals surface area contributed by atoms with Crippen LogP contribution >= 0.6 is 0 Å². The van der Waals surface area contributed by atoms with Gasteiger partial charge in [-0.15, -0.1) is 0 Å². The number of nitrogens with one attached hydrogen (secondary N) is 2. The van der Waals surface area contributed by atoms with Gasteiger partial charge in [0.1, 0.15) is 5.82 Å². The van der Waals surface area contributed by atoms with E-state index in [1.807, 2.05) is 24.3 Å². The maximum atomic E-state index is 12.9. The second-order valence-electron chi connectivity index (χ2n) is 4.28.